The highest BCUT2D eigenvalue weighted by molar-refractivity contribution is 7.89. The molecule has 0 saturated carbocycles. The monoisotopic (exact) mass is 533 g/mol. The first-order valence-electron chi connectivity index (χ1n) is 12.7. The molecular weight excluding hydrogens is 502 g/mol. The van der Waals surface area contributed by atoms with Crippen molar-refractivity contribution in [2.75, 3.05) is 18.0 Å². The van der Waals surface area contributed by atoms with E-state index in [2.05, 4.69) is 19.9 Å². The third-order valence-electron chi connectivity index (χ3n) is 6.77. The van der Waals surface area contributed by atoms with Crippen LogP contribution in [0.4, 0.5) is 5.13 Å². The van der Waals surface area contributed by atoms with E-state index in [1.807, 2.05) is 42.5 Å². The van der Waals surface area contributed by atoms with Crippen molar-refractivity contribution < 1.29 is 13.2 Å². The molecule has 1 saturated heterocycles. The highest BCUT2D eigenvalue weighted by Crippen LogP contribution is 2.35. The summed E-state index contributed by atoms with van der Waals surface area (Å²) in [6.07, 6.45) is 2.82. The number of aromatic nitrogens is 1. The molecule has 1 aromatic heterocycles. The Morgan fingerprint density at radius 1 is 0.946 bits per heavy atom. The van der Waals surface area contributed by atoms with Crippen LogP contribution < -0.4 is 4.90 Å². The molecule has 1 aliphatic heterocycles. The molecule has 4 aromatic rings. The van der Waals surface area contributed by atoms with E-state index in [-0.39, 0.29) is 10.8 Å². The molecule has 1 aliphatic rings. The first-order valence-corrected chi connectivity index (χ1v) is 15.0. The SMILES string of the molecule is CC(C)c1cccc2sc(N(Cc3ccccc3)C(=O)c3ccc(S(=O)(=O)N4CCCCC4)cc3)nc12. The lowest BCUT2D eigenvalue weighted by atomic mass is 10.0. The summed E-state index contributed by atoms with van der Waals surface area (Å²) in [4.78, 5) is 20.7. The van der Waals surface area contributed by atoms with E-state index in [1.54, 1.807) is 33.5 Å². The number of nitrogens with zero attached hydrogens (tertiary/aromatic N) is 3. The van der Waals surface area contributed by atoms with Gasteiger partial charge in [0.15, 0.2) is 5.13 Å². The number of sulfonamides is 1. The zero-order valence-electron chi connectivity index (χ0n) is 21.1. The van der Waals surface area contributed by atoms with E-state index < -0.39 is 10.0 Å². The number of benzene rings is 3. The van der Waals surface area contributed by atoms with Crippen molar-refractivity contribution in [3.8, 4) is 0 Å². The van der Waals surface area contributed by atoms with Gasteiger partial charge < -0.3 is 0 Å². The Labute approximate surface area is 222 Å². The molecule has 0 bridgehead atoms. The van der Waals surface area contributed by atoms with Crippen molar-refractivity contribution in [3.63, 3.8) is 0 Å². The van der Waals surface area contributed by atoms with Gasteiger partial charge in [-0.2, -0.15) is 4.31 Å². The molecular formula is C29H31N3O3S2. The number of hydrogen-bond acceptors (Lipinski definition) is 5. The van der Waals surface area contributed by atoms with Crippen molar-refractivity contribution in [3.05, 3.63) is 89.5 Å². The second-order valence-corrected chi connectivity index (χ2v) is 12.7. The Kier molecular flexibility index (Phi) is 7.42. The summed E-state index contributed by atoms with van der Waals surface area (Å²) in [5.41, 5.74) is 3.49. The molecule has 1 amide bonds. The minimum atomic E-state index is -3.56. The topological polar surface area (TPSA) is 70.6 Å². The normalized spacial score (nSPS) is 14.8. The second-order valence-electron chi connectivity index (χ2n) is 9.71. The number of thiazole rings is 1. The first-order chi connectivity index (χ1) is 17.8. The van der Waals surface area contributed by atoms with Crippen molar-refractivity contribution in [2.45, 2.75) is 50.5 Å². The Balaban J connectivity index is 1.49. The zero-order chi connectivity index (χ0) is 26.0. The van der Waals surface area contributed by atoms with E-state index in [9.17, 15) is 13.2 Å². The number of carbonyl (C=O) groups excluding carboxylic acids is 1. The molecule has 5 rings (SSSR count). The third-order valence-corrected chi connectivity index (χ3v) is 9.73. The molecule has 0 aliphatic carbocycles. The van der Waals surface area contributed by atoms with Gasteiger partial charge in [0, 0.05) is 18.7 Å². The van der Waals surface area contributed by atoms with Gasteiger partial charge in [-0.3, -0.25) is 9.69 Å². The maximum atomic E-state index is 13.8. The Hall–Kier alpha value is -3.07. The van der Waals surface area contributed by atoms with Crippen molar-refractivity contribution >= 4 is 42.6 Å². The summed E-state index contributed by atoms with van der Waals surface area (Å²) in [7, 11) is -3.56. The number of rotatable bonds is 7. The quantitative estimate of drug-likeness (QED) is 0.274. The lowest BCUT2D eigenvalue weighted by Crippen LogP contribution is -2.35. The molecule has 0 spiro atoms. The molecule has 192 valence electrons. The minimum absolute atomic E-state index is 0.212. The summed E-state index contributed by atoms with van der Waals surface area (Å²) < 4.78 is 28.7. The molecule has 0 radical (unpaired) electrons. The lowest BCUT2D eigenvalue weighted by molar-refractivity contribution is 0.0985. The number of hydrogen-bond donors (Lipinski definition) is 0. The summed E-state index contributed by atoms with van der Waals surface area (Å²) in [5.74, 6) is 0.0993. The van der Waals surface area contributed by atoms with E-state index >= 15 is 0 Å². The maximum Gasteiger partial charge on any atom is 0.260 e. The second kappa shape index (κ2) is 10.7. The van der Waals surface area contributed by atoms with Crippen LogP contribution in [-0.4, -0.2) is 36.7 Å². The number of para-hydroxylation sites is 1. The van der Waals surface area contributed by atoms with E-state index in [0.29, 0.717) is 36.2 Å². The van der Waals surface area contributed by atoms with Crippen LogP contribution in [0.1, 0.15) is 60.5 Å². The van der Waals surface area contributed by atoms with Crippen LogP contribution in [0.5, 0.6) is 0 Å². The fourth-order valence-electron chi connectivity index (χ4n) is 4.71. The Morgan fingerprint density at radius 3 is 2.32 bits per heavy atom. The largest absolute Gasteiger partial charge is 0.279 e. The highest BCUT2D eigenvalue weighted by Gasteiger charge is 2.27. The van der Waals surface area contributed by atoms with Gasteiger partial charge in [-0.05, 0) is 60.2 Å². The van der Waals surface area contributed by atoms with Crippen LogP contribution in [0.15, 0.2) is 77.7 Å². The van der Waals surface area contributed by atoms with Gasteiger partial charge in [-0.15, -0.1) is 0 Å². The van der Waals surface area contributed by atoms with E-state index in [4.69, 9.17) is 4.98 Å². The maximum absolute atomic E-state index is 13.8. The van der Waals surface area contributed by atoms with E-state index in [0.717, 1.165) is 40.6 Å². The van der Waals surface area contributed by atoms with Gasteiger partial charge >= 0.3 is 0 Å². The van der Waals surface area contributed by atoms with Gasteiger partial charge in [0.25, 0.3) is 5.91 Å². The Bertz CT molecular complexity index is 1490. The average Bonchev–Trinajstić information content (AvgIpc) is 3.36. The number of anilines is 1. The minimum Gasteiger partial charge on any atom is -0.279 e. The van der Waals surface area contributed by atoms with Crippen LogP contribution in [0.2, 0.25) is 0 Å². The standard InChI is InChI=1S/C29H31N3O3S2/c1-21(2)25-12-9-13-26-27(25)30-29(36-26)32(20-22-10-5-3-6-11-22)28(33)23-14-16-24(17-15-23)37(34,35)31-18-7-4-8-19-31/h3,5-6,9-17,21H,4,7-8,18-20H2,1-2H3. The zero-order valence-corrected chi connectivity index (χ0v) is 22.8. The average molecular weight is 534 g/mol. The van der Waals surface area contributed by atoms with Crippen LogP contribution in [-0.2, 0) is 16.6 Å². The number of piperidine rings is 1. The van der Waals surface area contributed by atoms with Gasteiger partial charge in [-0.25, -0.2) is 13.4 Å². The van der Waals surface area contributed by atoms with Crippen LogP contribution in [0.3, 0.4) is 0 Å². The van der Waals surface area contributed by atoms with Crippen LogP contribution in [0, 0.1) is 0 Å². The Morgan fingerprint density at radius 2 is 1.65 bits per heavy atom. The summed E-state index contributed by atoms with van der Waals surface area (Å²) in [6.45, 7) is 5.73. The van der Waals surface area contributed by atoms with Gasteiger partial charge in [0.05, 0.1) is 21.7 Å². The van der Waals surface area contributed by atoms with Gasteiger partial charge in [0.2, 0.25) is 10.0 Å². The number of amides is 1. The summed E-state index contributed by atoms with van der Waals surface area (Å²) in [6, 6.07) is 22.3. The molecule has 1 fully saturated rings. The first kappa shape index (κ1) is 25.6. The van der Waals surface area contributed by atoms with Crippen molar-refractivity contribution in [1.29, 1.82) is 0 Å². The molecule has 3 aromatic carbocycles. The third kappa shape index (κ3) is 5.32. The van der Waals surface area contributed by atoms with Crippen LogP contribution >= 0.6 is 11.3 Å². The fourth-order valence-corrected chi connectivity index (χ4v) is 7.23. The smallest absolute Gasteiger partial charge is 0.260 e. The van der Waals surface area contributed by atoms with Gasteiger partial charge in [0.1, 0.15) is 0 Å². The lowest BCUT2D eigenvalue weighted by Gasteiger charge is -2.26. The fraction of sp³-hybridized carbons (Fsp3) is 0.310. The number of fused-ring (bicyclic) bond motifs is 1. The van der Waals surface area contributed by atoms with Gasteiger partial charge in [-0.1, -0.05) is 74.1 Å². The van der Waals surface area contributed by atoms with Crippen molar-refractivity contribution in [2.24, 2.45) is 0 Å². The highest BCUT2D eigenvalue weighted by atomic mass is 32.2. The molecule has 37 heavy (non-hydrogen) atoms. The molecule has 2 heterocycles. The summed E-state index contributed by atoms with van der Waals surface area (Å²) in [5, 5.41) is 0.627. The molecule has 0 atom stereocenters. The summed E-state index contributed by atoms with van der Waals surface area (Å²) >= 11 is 1.50. The van der Waals surface area contributed by atoms with Crippen molar-refractivity contribution in [1.82, 2.24) is 9.29 Å². The molecule has 0 N–H and O–H groups in total. The van der Waals surface area contributed by atoms with E-state index in [1.165, 1.54) is 11.3 Å². The molecule has 0 unspecified atom stereocenters. The number of carbonyl (C=O) groups is 1. The molecule has 6 nitrogen and oxygen atoms in total. The predicted octanol–water partition coefficient (Wildman–Crippen LogP) is 6.44. The molecule has 8 heteroatoms. The predicted molar refractivity (Wildman–Crippen MR) is 150 cm³/mol. The van der Waals surface area contributed by atoms with Crippen LogP contribution in [0.25, 0.3) is 10.2 Å².